The minimum atomic E-state index is -3.13. The van der Waals surface area contributed by atoms with E-state index in [1.807, 2.05) is 0 Å². The molecule has 0 saturated carbocycles. The van der Waals surface area contributed by atoms with Crippen molar-refractivity contribution in [3.63, 3.8) is 0 Å². The van der Waals surface area contributed by atoms with Gasteiger partial charge in [0, 0.05) is 6.04 Å². The summed E-state index contributed by atoms with van der Waals surface area (Å²) in [6.45, 7) is 1.37. The van der Waals surface area contributed by atoms with Crippen LogP contribution in [0.25, 0.3) is 11.3 Å². The number of amides is 1. The Kier molecular flexibility index (Phi) is 5.31. The Bertz CT molecular complexity index is 968. The lowest BCUT2D eigenvalue weighted by Crippen LogP contribution is -2.42. The Morgan fingerprint density at radius 2 is 2.00 bits per heavy atom. The van der Waals surface area contributed by atoms with Gasteiger partial charge in [-0.3, -0.25) is 4.79 Å². The van der Waals surface area contributed by atoms with E-state index in [-0.39, 0.29) is 28.6 Å². The van der Waals surface area contributed by atoms with Gasteiger partial charge in [0.05, 0.1) is 17.1 Å². The second-order valence-electron chi connectivity index (χ2n) is 6.30. The summed E-state index contributed by atoms with van der Waals surface area (Å²) in [5.74, 6) is -2.07. The summed E-state index contributed by atoms with van der Waals surface area (Å²) in [4.78, 5) is 24.2. The highest BCUT2D eigenvalue weighted by atomic mass is 32.2. The number of sulfone groups is 1. The van der Waals surface area contributed by atoms with Crippen molar-refractivity contribution < 1.29 is 31.6 Å². The van der Waals surface area contributed by atoms with Crippen LogP contribution in [-0.2, 0) is 19.4 Å². The average Bonchev–Trinajstić information content (AvgIpc) is 3.22. The van der Waals surface area contributed by atoms with Gasteiger partial charge in [0.1, 0.15) is 11.6 Å². The molecule has 27 heavy (non-hydrogen) atoms. The number of hydrogen-bond donors (Lipinski definition) is 1. The molecule has 1 N–H and O–H groups in total. The zero-order chi connectivity index (χ0) is 19.6. The van der Waals surface area contributed by atoms with Gasteiger partial charge in [0.15, 0.2) is 15.9 Å². The Hall–Kier alpha value is -2.68. The Balaban J connectivity index is 1.60. The molecule has 2 heterocycles. The van der Waals surface area contributed by atoms with Crippen LogP contribution < -0.4 is 5.32 Å². The van der Waals surface area contributed by atoms with Crippen LogP contribution in [0.15, 0.2) is 40.8 Å². The molecule has 9 heteroatoms. The predicted molar refractivity (Wildman–Crippen MR) is 94.2 cm³/mol. The van der Waals surface area contributed by atoms with Crippen LogP contribution in [0.4, 0.5) is 4.39 Å². The summed E-state index contributed by atoms with van der Waals surface area (Å²) < 4.78 is 47.0. The number of nitrogens with one attached hydrogen (secondary N) is 1. The summed E-state index contributed by atoms with van der Waals surface area (Å²) in [6.07, 6.45) is -0.804. The highest BCUT2D eigenvalue weighted by Crippen LogP contribution is 2.25. The van der Waals surface area contributed by atoms with Crippen molar-refractivity contribution in [2.24, 2.45) is 0 Å². The fourth-order valence-corrected chi connectivity index (χ4v) is 4.43. The van der Waals surface area contributed by atoms with Gasteiger partial charge in [0.2, 0.25) is 5.76 Å². The standard InChI is InChI=1S/C18H18FNO6S/c1-11(17(21)20-12-8-9-27(23,24)10-12)25-18(22)16-7-6-15(26-16)13-4-2-3-5-14(13)19/h2-7,11-12H,8-10H2,1H3,(H,20,21)/t11-,12-/m0/s1. The minimum Gasteiger partial charge on any atom is -0.449 e. The number of rotatable bonds is 5. The van der Waals surface area contributed by atoms with Crippen molar-refractivity contribution in [1.82, 2.24) is 5.32 Å². The molecule has 0 radical (unpaired) electrons. The number of hydrogen-bond acceptors (Lipinski definition) is 6. The number of carbonyl (C=O) groups is 2. The van der Waals surface area contributed by atoms with E-state index in [4.69, 9.17) is 9.15 Å². The first kappa shape index (κ1) is 19.1. The molecule has 2 atom stereocenters. The van der Waals surface area contributed by atoms with E-state index < -0.39 is 39.7 Å². The zero-order valence-corrected chi connectivity index (χ0v) is 15.3. The second-order valence-corrected chi connectivity index (χ2v) is 8.53. The molecule has 1 aromatic carbocycles. The van der Waals surface area contributed by atoms with Gasteiger partial charge in [-0.15, -0.1) is 0 Å². The van der Waals surface area contributed by atoms with Crippen LogP contribution in [0.2, 0.25) is 0 Å². The van der Waals surface area contributed by atoms with E-state index in [2.05, 4.69) is 5.32 Å². The zero-order valence-electron chi connectivity index (χ0n) is 14.5. The lowest BCUT2D eigenvalue weighted by Gasteiger charge is -2.16. The van der Waals surface area contributed by atoms with Gasteiger partial charge >= 0.3 is 5.97 Å². The maximum Gasteiger partial charge on any atom is 0.375 e. The number of halogens is 1. The van der Waals surface area contributed by atoms with E-state index in [0.717, 1.165) is 0 Å². The quantitative estimate of drug-likeness (QED) is 0.776. The van der Waals surface area contributed by atoms with E-state index >= 15 is 0 Å². The molecule has 3 rings (SSSR count). The van der Waals surface area contributed by atoms with E-state index in [1.54, 1.807) is 6.07 Å². The molecule has 0 aliphatic carbocycles. The van der Waals surface area contributed by atoms with Crippen LogP contribution in [0.3, 0.4) is 0 Å². The van der Waals surface area contributed by atoms with Crippen LogP contribution in [-0.4, -0.2) is 43.9 Å². The first-order valence-corrected chi connectivity index (χ1v) is 10.1. The third-order valence-corrected chi connectivity index (χ3v) is 5.95. The van der Waals surface area contributed by atoms with Gasteiger partial charge in [0.25, 0.3) is 5.91 Å². The van der Waals surface area contributed by atoms with E-state index in [9.17, 15) is 22.4 Å². The predicted octanol–water partition coefficient (Wildman–Crippen LogP) is 1.93. The molecule has 2 aromatic rings. The molecular weight excluding hydrogens is 377 g/mol. The van der Waals surface area contributed by atoms with Crippen LogP contribution in [0, 0.1) is 5.82 Å². The first-order chi connectivity index (χ1) is 12.7. The highest BCUT2D eigenvalue weighted by Gasteiger charge is 2.31. The second kappa shape index (κ2) is 7.51. The molecular formula is C18H18FNO6S. The molecule has 1 saturated heterocycles. The average molecular weight is 395 g/mol. The van der Waals surface area contributed by atoms with Gasteiger partial charge in [-0.1, -0.05) is 12.1 Å². The molecule has 1 fully saturated rings. The Labute approximate surface area is 155 Å². The van der Waals surface area contributed by atoms with Crippen molar-refractivity contribution in [1.29, 1.82) is 0 Å². The number of furan rings is 1. The summed E-state index contributed by atoms with van der Waals surface area (Å²) in [6, 6.07) is 8.23. The van der Waals surface area contributed by atoms with Gasteiger partial charge in [-0.05, 0) is 37.6 Å². The van der Waals surface area contributed by atoms with Gasteiger partial charge in [-0.25, -0.2) is 17.6 Å². The third-order valence-electron chi connectivity index (χ3n) is 4.18. The van der Waals surface area contributed by atoms with Crippen LogP contribution >= 0.6 is 0 Å². The molecule has 0 bridgehead atoms. The normalized spacial score (nSPS) is 19.4. The van der Waals surface area contributed by atoms with Crippen molar-refractivity contribution in [2.45, 2.75) is 25.5 Å². The lowest BCUT2D eigenvalue weighted by molar-refractivity contribution is -0.129. The minimum absolute atomic E-state index is 0.0251. The lowest BCUT2D eigenvalue weighted by atomic mass is 10.1. The van der Waals surface area contributed by atoms with Crippen molar-refractivity contribution in [3.05, 3.63) is 48.0 Å². The Morgan fingerprint density at radius 3 is 2.67 bits per heavy atom. The summed E-state index contributed by atoms with van der Waals surface area (Å²) in [7, 11) is -3.13. The molecule has 1 aliphatic heterocycles. The van der Waals surface area contributed by atoms with Crippen LogP contribution in [0.1, 0.15) is 23.9 Å². The molecule has 1 amide bonds. The topological polar surface area (TPSA) is 103 Å². The van der Waals surface area contributed by atoms with Crippen molar-refractivity contribution in [2.75, 3.05) is 11.5 Å². The van der Waals surface area contributed by atoms with Crippen molar-refractivity contribution in [3.8, 4) is 11.3 Å². The maximum absolute atomic E-state index is 13.8. The van der Waals surface area contributed by atoms with Crippen LogP contribution in [0.5, 0.6) is 0 Å². The third kappa shape index (κ3) is 4.54. The van der Waals surface area contributed by atoms with Gasteiger partial charge < -0.3 is 14.5 Å². The molecule has 1 aliphatic rings. The smallest absolute Gasteiger partial charge is 0.375 e. The molecule has 0 spiro atoms. The molecule has 144 valence electrons. The SMILES string of the molecule is C[C@H](OC(=O)c1ccc(-c2ccccc2F)o1)C(=O)N[C@H]1CCS(=O)(=O)C1. The summed E-state index contributed by atoms with van der Waals surface area (Å²) in [5.41, 5.74) is 0.199. The largest absolute Gasteiger partial charge is 0.449 e. The molecule has 1 aromatic heterocycles. The number of esters is 1. The highest BCUT2D eigenvalue weighted by molar-refractivity contribution is 7.91. The first-order valence-electron chi connectivity index (χ1n) is 8.32. The van der Waals surface area contributed by atoms with Crippen molar-refractivity contribution >= 4 is 21.7 Å². The fraction of sp³-hybridized carbons (Fsp3) is 0.333. The number of carbonyl (C=O) groups excluding carboxylic acids is 2. The Morgan fingerprint density at radius 1 is 1.26 bits per heavy atom. The molecule has 0 unspecified atom stereocenters. The summed E-state index contributed by atoms with van der Waals surface area (Å²) >= 11 is 0. The summed E-state index contributed by atoms with van der Waals surface area (Å²) in [5, 5.41) is 2.55. The maximum atomic E-state index is 13.8. The van der Waals surface area contributed by atoms with E-state index in [0.29, 0.717) is 6.42 Å². The van der Waals surface area contributed by atoms with Gasteiger partial charge in [-0.2, -0.15) is 0 Å². The van der Waals surface area contributed by atoms with E-state index in [1.165, 1.54) is 37.3 Å². The number of benzene rings is 1. The fourth-order valence-electron chi connectivity index (χ4n) is 2.75. The molecule has 7 nitrogen and oxygen atoms in total. The number of ether oxygens (including phenoxy) is 1. The monoisotopic (exact) mass is 395 g/mol.